The van der Waals surface area contributed by atoms with Crippen LogP contribution in [-0.4, -0.2) is 14.8 Å². The summed E-state index contributed by atoms with van der Waals surface area (Å²) >= 11 is 0. The largest absolute Gasteiger partial charge is 0.435 e. The van der Waals surface area contributed by atoms with Gasteiger partial charge in [-0.3, -0.25) is 4.68 Å². The van der Waals surface area contributed by atoms with E-state index in [0.29, 0.717) is 12.2 Å². The van der Waals surface area contributed by atoms with Crippen molar-refractivity contribution >= 4 is 16.5 Å². The molecule has 0 spiro atoms. The molecule has 136 valence electrons. The molecule has 0 aliphatic heterocycles. The van der Waals surface area contributed by atoms with Crippen LogP contribution in [0.2, 0.25) is 0 Å². The molecular formula is C20H20F3N3. The lowest BCUT2D eigenvalue weighted by molar-refractivity contribution is -0.141. The standard InChI is InChI=1S/C20H20F3N3/c1-2-26-18(12-19(25-26)20(21,22)23)14-8-9-16-15(10-14)11-17(24-16)13-6-4-3-5-7-13/h6,8-12,24H,2-5,7H2,1H3. The molecule has 2 aromatic heterocycles. The molecule has 26 heavy (non-hydrogen) atoms. The molecule has 6 heteroatoms. The molecule has 0 unspecified atom stereocenters. The number of aryl methyl sites for hydroxylation is 1. The minimum atomic E-state index is -4.44. The Kier molecular flexibility index (Phi) is 4.13. The summed E-state index contributed by atoms with van der Waals surface area (Å²) in [6, 6.07) is 8.93. The normalized spacial score (nSPS) is 15.5. The Morgan fingerprint density at radius 3 is 2.69 bits per heavy atom. The van der Waals surface area contributed by atoms with Gasteiger partial charge in [-0.25, -0.2) is 0 Å². The SMILES string of the molecule is CCn1nc(C(F)(F)F)cc1-c1ccc2[nH]c(C3=CCCCC3)cc2c1. The van der Waals surface area contributed by atoms with Crippen molar-refractivity contribution in [2.75, 3.05) is 0 Å². The molecule has 1 aliphatic rings. The number of aromatic amines is 1. The fourth-order valence-electron chi connectivity index (χ4n) is 3.58. The number of rotatable bonds is 3. The lowest BCUT2D eigenvalue weighted by Gasteiger charge is -2.10. The molecule has 2 heterocycles. The van der Waals surface area contributed by atoms with Crippen LogP contribution in [0.15, 0.2) is 36.4 Å². The van der Waals surface area contributed by atoms with Gasteiger partial charge in [0.15, 0.2) is 5.69 Å². The molecule has 3 aromatic rings. The number of hydrogen-bond acceptors (Lipinski definition) is 1. The number of allylic oxidation sites excluding steroid dienone is 2. The fraction of sp³-hybridized carbons (Fsp3) is 0.350. The number of benzene rings is 1. The van der Waals surface area contributed by atoms with Gasteiger partial charge in [-0.15, -0.1) is 0 Å². The minimum Gasteiger partial charge on any atom is -0.355 e. The third-order valence-corrected chi connectivity index (χ3v) is 4.92. The van der Waals surface area contributed by atoms with Gasteiger partial charge in [-0.2, -0.15) is 18.3 Å². The number of hydrogen-bond donors (Lipinski definition) is 1. The predicted molar refractivity (Wildman–Crippen MR) is 96.6 cm³/mol. The van der Waals surface area contributed by atoms with Gasteiger partial charge in [0, 0.05) is 28.7 Å². The van der Waals surface area contributed by atoms with Gasteiger partial charge >= 0.3 is 6.18 Å². The Labute approximate surface area is 149 Å². The first-order valence-electron chi connectivity index (χ1n) is 8.93. The van der Waals surface area contributed by atoms with E-state index in [1.807, 2.05) is 18.2 Å². The average Bonchev–Trinajstić information content (AvgIpc) is 3.25. The molecule has 0 bridgehead atoms. The molecule has 1 aliphatic carbocycles. The maximum Gasteiger partial charge on any atom is 0.435 e. The second-order valence-electron chi connectivity index (χ2n) is 6.69. The van der Waals surface area contributed by atoms with Gasteiger partial charge < -0.3 is 4.98 Å². The Morgan fingerprint density at radius 1 is 1.15 bits per heavy atom. The fourth-order valence-corrected chi connectivity index (χ4v) is 3.58. The highest BCUT2D eigenvalue weighted by Crippen LogP contribution is 2.34. The van der Waals surface area contributed by atoms with Crippen molar-refractivity contribution in [1.29, 1.82) is 0 Å². The van der Waals surface area contributed by atoms with E-state index in [1.165, 1.54) is 23.1 Å². The molecule has 0 saturated heterocycles. The number of H-pyrrole nitrogens is 1. The van der Waals surface area contributed by atoms with Crippen molar-refractivity contribution in [1.82, 2.24) is 14.8 Å². The summed E-state index contributed by atoms with van der Waals surface area (Å²) in [5.74, 6) is 0. The number of fused-ring (bicyclic) bond motifs is 1. The highest BCUT2D eigenvalue weighted by Gasteiger charge is 2.35. The second kappa shape index (κ2) is 6.34. The summed E-state index contributed by atoms with van der Waals surface area (Å²) < 4.78 is 40.4. The van der Waals surface area contributed by atoms with Gasteiger partial charge in [-0.05, 0) is 62.4 Å². The van der Waals surface area contributed by atoms with Gasteiger partial charge in [0.2, 0.25) is 0 Å². The molecule has 0 saturated carbocycles. The van der Waals surface area contributed by atoms with Crippen molar-refractivity contribution in [2.24, 2.45) is 0 Å². The highest BCUT2D eigenvalue weighted by atomic mass is 19.4. The zero-order valence-electron chi connectivity index (χ0n) is 14.5. The van der Waals surface area contributed by atoms with Gasteiger partial charge in [0.1, 0.15) is 0 Å². The third kappa shape index (κ3) is 3.04. The van der Waals surface area contributed by atoms with E-state index in [1.54, 1.807) is 6.92 Å². The Morgan fingerprint density at radius 2 is 2.00 bits per heavy atom. The van der Waals surface area contributed by atoms with Gasteiger partial charge in [-0.1, -0.05) is 12.1 Å². The number of nitrogens with zero attached hydrogens (tertiary/aromatic N) is 2. The summed E-state index contributed by atoms with van der Waals surface area (Å²) in [5, 5.41) is 4.71. The van der Waals surface area contributed by atoms with E-state index in [0.717, 1.165) is 41.1 Å². The van der Waals surface area contributed by atoms with Crippen LogP contribution < -0.4 is 0 Å². The molecule has 0 fully saturated rings. The number of alkyl halides is 3. The maximum atomic E-state index is 13.0. The van der Waals surface area contributed by atoms with E-state index >= 15 is 0 Å². The molecule has 0 amide bonds. The lowest BCUT2D eigenvalue weighted by Crippen LogP contribution is -2.07. The van der Waals surface area contributed by atoms with E-state index in [-0.39, 0.29) is 0 Å². The number of halogens is 3. The van der Waals surface area contributed by atoms with Crippen LogP contribution in [0.5, 0.6) is 0 Å². The molecule has 1 N–H and O–H groups in total. The lowest BCUT2D eigenvalue weighted by atomic mass is 9.97. The van der Waals surface area contributed by atoms with E-state index < -0.39 is 11.9 Å². The smallest absolute Gasteiger partial charge is 0.355 e. The Bertz CT molecular complexity index is 976. The molecule has 4 rings (SSSR count). The summed E-state index contributed by atoms with van der Waals surface area (Å²) in [7, 11) is 0. The van der Waals surface area contributed by atoms with Gasteiger partial charge in [0.25, 0.3) is 0 Å². The van der Waals surface area contributed by atoms with Crippen molar-refractivity contribution in [3.63, 3.8) is 0 Å². The first-order chi connectivity index (χ1) is 12.5. The Balaban J connectivity index is 1.76. The highest BCUT2D eigenvalue weighted by molar-refractivity contribution is 5.88. The van der Waals surface area contributed by atoms with Crippen LogP contribution in [0.4, 0.5) is 13.2 Å². The van der Waals surface area contributed by atoms with Crippen LogP contribution in [0.25, 0.3) is 27.7 Å². The van der Waals surface area contributed by atoms with Crippen LogP contribution in [0.1, 0.15) is 44.0 Å². The summed E-state index contributed by atoms with van der Waals surface area (Å²) in [6.07, 6.45) is 2.44. The molecule has 1 aromatic carbocycles. The summed E-state index contributed by atoms with van der Waals surface area (Å²) in [4.78, 5) is 3.43. The third-order valence-electron chi connectivity index (χ3n) is 4.92. The van der Waals surface area contributed by atoms with Crippen molar-refractivity contribution in [3.05, 3.63) is 47.8 Å². The average molecular weight is 359 g/mol. The summed E-state index contributed by atoms with van der Waals surface area (Å²) in [6.45, 7) is 2.17. The van der Waals surface area contributed by atoms with Crippen molar-refractivity contribution < 1.29 is 13.2 Å². The minimum absolute atomic E-state index is 0.384. The molecule has 3 nitrogen and oxygen atoms in total. The Hall–Kier alpha value is -2.50. The zero-order valence-corrected chi connectivity index (χ0v) is 14.5. The molecular weight excluding hydrogens is 339 g/mol. The first kappa shape index (κ1) is 16.9. The van der Waals surface area contributed by atoms with E-state index in [2.05, 4.69) is 22.2 Å². The van der Waals surface area contributed by atoms with Crippen LogP contribution in [0, 0.1) is 0 Å². The summed E-state index contributed by atoms with van der Waals surface area (Å²) in [5.41, 5.74) is 3.81. The quantitative estimate of drug-likeness (QED) is 0.609. The van der Waals surface area contributed by atoms with E-state index in [9.17, 15) is 13.2 Å². The predicted octanol–water partition coefficient (Wildman–Crippen LogP) is 6.03. The molecule has 0 radical (unpaired) electrons. The monoisotopic (exact) mass is 359 g/mol. The zero-order chi connectivity index (χ0) is 18.3. The topological polar surface area (TPSA) is 33.6 Å². The second-order valence-corrected chi connectivity index (χ2v) is 6.69. The van der Waals surface area contributed by atoms with Crippen molar-refractivity contribution in [3.8, 4) is 11.3 Å². The van der Waals surface area contributed by atoms with Gasteiger partial charge in [0.05, 0.1) is 5.69 Å². The van der Waals surface area contributed by atoms with Crippen LogP contribution in [0.3, 0.4) is 0 Å². The van der Waals surface area contributed by atoms with Crippen molar-refractivity contribution in [2.45, 2.75) is 45.3 Å². The van der Waals surface area contributed by atoms with Crippen LogP contribution in [-0.2, 0) is 12.7 Å². The van der Waals surface area contributed by atoms with E-state index in [4.69, 9.17) is 0 Å². The number of aromatic nitrogens is 3. The van der Waals surface area contributed by atoms with Crippen LogP contribution >= 0.6 is 0 Å². The maximum absolute atomic E-state index is 13.0. The molecule has 0 atom stereocenters. The number of nitrogens with one attached hydrogen (secondary N) is 1. The first-order valence-corrected chi connectivity index (χ1v) is 8.93.